The molecule has 4 nitrogen and oxygen atoms in total. The van der Waals surface area contributed by atoms with Crippen LogP contribution in [0.2, 0.25) is 0 Å². The highest BCUT2D eigenvalue weighted by Gasteiger charge is 2.09. The fraction of sp³-hybridized carbons (Fsp3) is 0.143. The zero-order valence-corrected chi connectivity index (χ0v) is 20.3. The summed E-state index contributed by atoms with van der Waals surface area (Å²) in [6, 6.07) is 14.1. The van der Waals surface area contributed by atoms with Gasteiger partial charge in [-0.25, -0.2) is 14.2 Å². The number of pyridine rings is 1. The summed E-state index contributed by atoms with van der Waals surface area (Å²) >= 11 is 8.61. The van der Waals surface area contributed by atoms with Crippen LogP contribution >= 0.6 is 54.5 Å². The van der Waals surface area contributed by atoms with Crippen LogP contribution in [0.5, 0.6) is 5.88 Å². The Hall–Kier alpha value is -1.54. The number of benzene rings is 2. The number of ether oxygens (including phenoxy) is 2. The van der Waals surface area contributed by atoms with Crippen molar-refractivity contribution in [1.82, 2.24) is 4.98 Å². The summed E-state index contributed by atoms with van der Waals surface area (Å²) in [5, 5.41) is 0. The largest absolute Gasteiger partial charge is 0.473 e. The van der Waals surface area contributed by atoms with Gasteiger partial charge in [-0.05, 0) is 89.3 Å². The second-order valence-corrected chi connectivity index (χ2v) is 8.83. The van der Waals surface area contributed by atoms with Gasteiger partial charge >= 0.3 is 0 Å². The van der Waals surface area contributed by atoms with Crippen molar-refractivity contribution in [3.63, 3.8) is 0 Å². The lowest BCUT2D eigenvalue weighted by Crippen LogP contribution is -2.04. The maximum absolute atomic E-state index is 13.6. The average molecular weight is 632 g/mol. The van der Waals surface area contributed by atoms with Gasteiger partial charge in [0.05, 0.1) is 24.3 Å². The monoisotopic (exact) mass is 630 g/mol. The van der Waals surface area contributed by atoms with Gasteiger partial charge in [0.25, 0.3) is 0 Å². The highest BCUT2D eigenvalue weighted by molar-refractivity contribution is 14.1. The van der Waals surface area contributed by atoms with Crippen molar-refractivity contribution in [2.24, 2.45) is 0 Å². The van der Waals surface area contributed by atoms with Crippen LogP contribution in [0.25, 0.3) is 4.85 Å². The molecule has 0 amide bonds. The number of hydrogen-bond donors (Lipinski definition) is 0. The average Bonchev–Trinajstić information content (AvgIpc) is 2.70. The fourth-order valence-corrected chi connectivity index (χ4v) is 3.83. The van der Waals surface area contributed by atoms with Crippen molar-refractivity contribution in [1.29, 1.82) is 0 Å². The van der Waals surface area contributed by atoms with Crippen LogP contribution in [0.15, 0.2) is 57.6 Å². The molecular weight excluding hydrogens is 618 g/mol. The van der Waals surface area contributed by atoms with Crippen molar-refractivity contribution >= 4 is 60.1 Å². The third kappa shape index (κ3) is 6.22. The Morgan fingerprint density at radius 1 is 1.00 bits per heavy atom. The maximum atomic E-state index is 13.6. The zero-order chi connectivity index (χ0) is 20.8. The highest BCUT2D eigenvalue weighted by atomic mass is 127. The molecule has 0 saturated carbocycles. The minimum absolute atomic E-state index is 0.302. The van der Waals surface area contributed by atoms with E-state index in [1.807, 2.05) is 18.2 Å². The first kappa shape index (κ1) is 22.2. The van der Waals surface area contributed by atoms with Crippen molar-refractivity contribution in [2.45, 2.75) is 19.8 Å². The molecule has 0 saturated heterocycles. The SMILES string of the molecule is [C-]#[N+]c1ccc(COc2cccc(Br)n2)c(COCc2cc(Br)c(F)cc2I)c1. The molecule has 0 atom stereocenters. The Balaban J connectivity index is 1.70. The molecule has 1 aromatic heterocycles. The highest BCUT2D eigenvalue weighted by Crippen LogP contribution is 2.25. The van der Waals surface area contributed by atoms with Crippen LogP contribution < -0.4 is 4.74 Å². The van der Waals surface area contributed by atoms with Gasteiger partial charge in [-0.15, -0.1) is 0 Å². The van der Waals surface area contributed by atoms with E-state index in [-0.39, 0.29) is 5.82 Å². The molecule has 0 aliphatic heterocycles. The van der Waals surface area contributed by atoms with E-state index in [1.54, 1.807) is 24.3 Å². The molecule has 29 heavy (non-hydrogen) atoms. The number of halogens is 4. The molecule has 0 fully saturated rings. The molecule has 2 aromatic carbocycles. The van der Waals surface area contributed by atoms with E-state index >= 15 is 0 Å². The van der Waals surface area contributed by atoms with E-state index in [1.165, 1.54) is 6.07 Å². The molecule has 0 N–H and O–H groups in total. The molecule has 148 valence electrons. The quantitative estimate of drug-likeness (QED) is 0.120. The summed E-state index contributed by atoms with van der Waals surface area (Å²) in [5.41, 5.74) is 3.20. The molecule has 1 heterocycles. The van der Waals surface area contributed by atoms with Gasteiger partial charge in [-0.1, -0.05) is 24.3 Å². The Labute approximate surface area is 198 Å². The van der Waals surface area contributed by atoms with E-state index in [9.17, 15) is 4.39 Å². The smallest absolute Gasteiger partial charge is 0.214 e. The summed E-state index contributed by atoms with van der Waals surface area (Å²) in [7, 11) is 0. The standard InChI is InChI=1S/C21H14Br2FIN2O2/c1-26-16-6-5-13(12-29-21-4-2-3-20(23)27-21)14(7-16)10-28-11-15-8-17(22)18(24)9-19(15)25/h2-9H,10-12H2. The molecule has 3 rings (SSSR count). The normalized spacial score (nSPS) is 10.6. The Morgan fingerprint density at radius 2 is 1.79 bits per heavy atom. The predicted molar refractivity (Wildman–Crippen MR) is 124 cm³/mol. The van der Waals surface area contributed by atoms with Gasteiger partial charge in [0.2, 0.25) is 5.88 Å². The first-order chi connectivity index (χ1) is 14.0. The number of rotatable bonds is 7. The maximum Gasteiger partial charge on any atom is 0.214 e. The van der Waals surface area contributed by atoms with Gasteiger partial charge in [0.1, 0.15) is 17.0 Å². The van der Waals surface area contributed by atoms with Crippen molar-refractivity contribution < 1.29 is 13.9 Å². The lowest BCUT2D eigenvalue weighted by atomic mass is 10.1. The van der Waals surface area contributed by atoms with E-state index in [0.29, 0.717) is 40.5 Å². The minimum Gasteiger partial charge on any atom is -0.473 e. The first-order valence-corrected chi connectivity index (χ1v) is 11.1. The summed E-state index contributed by atoms with van der Waals surface area (Å²) in [6.07, 6.45) is 0. The van der Waals surface area contributed by atoms with Gasteiger partial charge in [-0.3, -0.25) is 0 Å². The van der Waals surface area contributed by atoms with Crippen LogP contribution in [0, 0.1) is 16.0 Å². The number of nitrogens with zero attached hydrogens (tertiary/aromatic N) is 2. The first-order valence-electron chi connectivity index (χ1n) is 8.42. The fourth-order valence-electron chi connectivity index (χ4n) is 2.52. The molecule has 0 bridgehead atoms. The Kier molecular flexibility index (Phi) is 8.00. The van der Waals surface area contributed by atoms with Crippen molar-refractivity contribution in [3.05, 3.63) is 95.1 Å². The van der Waals surface area contributed by atoms with Crippen molar-refractivity contribution in [3.8, 4) is 5.88 Å². The van der Waals surface area contributed by atoms with E-state index in [0.717, 1.165) is 20.3 Å². The van der Waals surface area contributed by atoms with Crippen LogP contribution in [0.3, 0.4) is 0 Å². The van der Waals surface area contributed by atoms with Crippen LogP contribution in [0.4, 0.5) is 10.1 Å². The molecule has 0 spiro atoms. The van der Waals surface area contributed by atoms with Gasteiger partial charge in [-0.2, -0.15) is 0 Å². The number of aromatic nitrogens is 1. The van der Waals surface area contributed by atoms with Crippen LogP contribution in [-0.4, -0.2) is 4.98 Å². The molecule has 0 radical (unpaired) electrons. The second-order valence-electron chi connectivity index (χ2n) is 6.00. The second kappa shape index (κ2) is 10.5. The van der Waals surface area contributed by atoms with Gasteiger partial charge < -0.3 is 9.47 Å². The zero-order valence-electron chi connectivity index (χ0n) is 15.0. The summed E-state index contributed by atoms with van der Waals surface area (Å²) in [6.45, 7) is 8.19. The summed E-state index contributed by atoms with van der Waals surface area (Å²) in [5.74, 6) is 0.203. The Morgan fingerprint density at radius 3 is 2.55 bits per heavy atom. The van der Waals surface area contributed by atoms with Gasteiger partial charge in [0.15, 0.2) is 5.69 Å². The van der Waals surface area contributed by atoms with E-state index < -0.39 is 0 Å². The van der Waals surface area contributed by atoms with Crippen molar-refractivity contribution in [2.75, 3.05) is 0 Å². The lowest BCUT2D eigenvalue weighted by molar-refractivity contribution is 0.105. The topological polar surface area (TPSA) is 35.7 Å². The third-order valence-electron chi connectivity index (χ3n) is 3.99. The molecule has 3 aromatic rings. The van der Waals surface area contributed by atoms with E-state index in [2.05, 4.69) is 64.3 Å². The molecule has 0 aliphatic carbocycles. The predicted octanol–water partition coefficient (Wildman–Crippen LogP) is 7.20. The lowest BCUT2D eigenvalue weighted by Gasteiger charge is -2.13. The van der Waals surface area contributed by atoms with E-state index in [4.69, 9.17) is 16.0 Å². The molecular formula is C21H14Br2FIN2O2. The molecule has 8 heteroatoms. The van der Waals surface area contributed by atoms with Crippen LogP contribution in [-0.2, 0) is 24.6 Å². The molecule has 0 aliphatic rings. The Bertz CT molecular complexity index is 1070. The third-order valence-corrected chi connectivity index (χ3v) is 6.04. The molecule has 0 unspecified atom stereocenters. The summed E-state index contributed by atoms with van der Waals surface area (Å²) < 4.78 is 27.1. The van der Waals surface area contributed by atoms with Gasteiger partial charge in [0, 0.05) is 9.64 Å². The summed E-state index contributed by atoms with van der Waals surface area (Å²) in [4.78, 5) is 7.75. The minimum atomic E-state index is -0.302. The number of hydrogen-bond acceptors (Lipinski definition) is 3. The van der Waals surface area contributed by atoms with Crippen LogP contribution in [0.1, 0.15) is 16.7 Å².